The van der Waals surface area contributed by atoms with Crippen LogP contribution >= 0.6 is 0 Å². The second kappa shape index (κ2) is 4.60. The largest absolute Gasteiger partial charge is 0.385 e. The fraction of sp³-hybridized carbons (Fsp3) is 0.474. The van der Waals surface area contributed by atoms with Crippen LogP contribution < -0.4 is 0 Å². The number of hydrogen-bond acceptors (Lipinski definition) is 1. The van der Waals surface area contributed by atoms with Gasteiger partial charge >= 0.3 is 0 Å². The lowest BCUT2D eigenvalue weighted by Crippen LogP contribution is -2.39. The van der Waals surface area contributed by atoms with Crippen molar-refractivity contribution in [1.82, 2.24) is 0 Å². The van der Waals surface area contributed by atoms with Gasteiger partial charge < -0.3 is 5.11 Å². The zero-order valence-corrected chi connectivity index (χ0v) is 12.7. The Morgan fingerprint density at radius 1 is 1.00 bits per heavy atom. The first kappa shape index (κ1) is 13.6. The van der Waals surface area contributed by atoms with Crippen LogP contribution in [-0.4, -0.2) is 5.11 Å². The number of benzene rings is 2. The molecule has 1 heteroatoms. The average molecular weight is 268 g/mol. The normalized spacial score (nSPS) is 29.5. The van der Waals surface area contributed by atoms with Crippen molar-refractivity contribution in [3.63, 3.8) is 0 Å². The zero-order chi connectivity index (χ0) is 14.4. The van der Waals surface area contributed by atoms with Gasteiger partial charge in [0.25, 0.3) is 0 Å². The van der Waals surface area contributed by atoms with E-state index < -0.39 is 5.60 Å². The van der Waals surface area contributed by atoms with Crippen LogP contribution in [0.2, 0.25) is 0 Å². The second-order valence-electron chi connectivity index (χ2n) is 7.45. The highest BCUT2D eigenvalue weighted by Crippen LogP contribution is 2.48. The third-order valence-corrected chi connectivity index (χ3v) is 4.65. The fourth-order valence-electron chi connectivity index (χ4n) is 4.23. The maximum Gasteiger partial charge on any atom is 0.0904 e. The molecule has 0 spiro atoms. The summed E-state index contributed by atoms with van der Waals surface area (Å²) in [6, 6.07) is 14.8. The Hall–Kier alpha value is -1.34. The van der Waals surface area contributed by atoms with Crippen molar-refractivity contribution in [2.45, 2.75) is 45.6 Å². The van der Waals surface area contributed by atoms with Gasteiger partial charge in [0.05, 0.1) is 5.60 Å². The van der Waals surface area contributed by atoms with E-state index in [1.165, 1.54) is 17.2 Å². The molecular weight excluding hydrogens is 244 g/mol. The topological polar surface area (TPSA) is 20.2 Å². The van der Waals surface area contributed by atoms with Crippen molar-refractivity contribution in [2.75, 3.05) is 0 Å². The summed E-state index contributed by atoms with van der Waals surface area (Å²) < 4.78 is 0. The molecule has 1 aliphatic rings. The number of aliphatic hydroxyl groups is 1. The SMILES string of the molecule is CC1CC(C)(C)CC(O)(c2ccc3ccccc3c2)C1. The van der Waals surface area contributed by atoms with Gasteiger partial charge in [-0.25, -0.2) is 0 Å². The Morgan fingerprint density at radius 2 is 1.70 bits per heavy atom. The molecule has 2 aromatic rings. The van der Waals surface area contributed by atoms with Crippen LogP contribution in [0.15, 0.2) is 42.5 Å². The quantitative estimate of drug-likeness (QED) is 0.782. The average Bonchev–Trinajstić information content (AvgIpc) is 2.35. The fourth-order valence-corrected chi connectivity index (χ4v) is 4.23. The molecule has 0 bridgehead atoms. The predicted molar refractivity (Wildman–Crippen MR) is 84.6 cm³/mol. The smallest absolute Gasteiger partial charge is 0.0904 e. The van der Waals surface area contributed by atoms with E-state index in [1.807, 2.05) is 0 Å². The number of rotatable bonds is 1. The summed E-state index contributed by atoms with van der Waals surface area (Å²) in [5, 5.41) is 13.7. The minimum Gasteiger partial charge on any atom is -0.385 e. The lowest BCUT2D eigenvalue weighted by atomic mass is 9.64. The predicted octanol–water partition coefficient (Wildman–Crippen LogP) is 4.87. The third kappa shape index (κ3) is 2.47. The lowest BCUT2D eigenvalue weighted by molar-refractivity contribution is -0.0634. The Bertz CT molecular complexity index is 628. The van der Waals surface area contributed by atoms with Gasteiger partial charge in [-0.05, 0) is 53.0 Å². The number of fused-ring (bicyclic) bond motifs is 1. The molecule has 0 aromatic heterocycles. The molecule has 1 nitrogen and oxygen atoms in total. The van der Waals surface area contributed by atoms with Gasteiger partial charge in [-0.1, -0.05) is 57.2 Å². The molecular formula is C19H24O. The maximum absolute atomic E-state index is 11.2. The van der Waals surface area contributed by atoms with Crippen molar-refractivity contribution in [3.8, 4) is 0 Å². The summed E-state index contributed by atoms with van der Waals surface area (Å²) in [6.45, 7) is 6.80. The molecule has 0 amide bonds. The highest BCUT2D eigenvalue weighted by Gasteiger charge is 2.42. The Kier molecular flexibility index (Phi) is 3.13. The van der Waals surface area contributed by atoms with E-state index in [9.17, 15) is 5.11 Å². The van der Waals surface area contributed by atoms with Gasteiger partial charge in [0.2, 0.25) is 0 Å². The van der Waals surface area contributed by atoms with Crippen LogP contribution in [0.25, 0.3) is 10.8 Å². The summed E-state index contributed by atoms with van der Waals surface area (Å²) in [5.74, 6) is 0.565. The van der Waals surface area contributed by atoms with Crippen molar-refractivity contribution in [1.29, 1.82) is 0 Å². The van der Waals surface area contributed by atoms with Crippen molar-refractivity contribution >= 4 is 10.8 Å². The van der Waals surface area contributed by atoms with Crippen molar-refractivity contribution < 1.29 is 5.11 Å². The van der Waals surface area contributed by atoms with E-state index in [-0.39, 0.29) is 5.41 Å². The molecule has 1 fully saturated rings. The first-order chi connectivity index (χ1) is 9.38. The second-order valence-corrected chi connectivity index (χ2v) is 7.45. The lowest BCUT2D eigenvalue weighted by Gasteiger charge is -2.45. The van der Waals surface area contributed by atoms with Crippen LogP contribution in [0.5, 0.6) is 0 Å². The molecule has 1 saturated carbocycles. The molecule has 2 unspecified atom stereocenters. The van der Waals surface area contributed by atoms with Gasteiger partial charge in [-0.2, -0.15) is 0 Å². The van der Waals surface area contributed by atoms with Crippen molar-refractivity contribution in [2.24, 2.45) is 11.3 Å². The molecule has 2 aromatic carbocycles. The van der Waals surface area contributed by atoms with Crippen LogP contribution in [0.3, 0.4) is 0 Å². The third-order valence-electron chi connectivity index (χ3n) is 4.65. The summed E-state index contributed by atoms with van der Waals surface area (Å²) in [5.41, 5.74) is 0.610. The van der Waals surface area contributed by atoms with E-state index in [0.717, 1.165) is 18.4 Å². The van der Waals surface area contributed by atoms with Gasteiger partial charge in [-0.3, -0.25) is 0 Å². The van der Waals surface area contributed by atoms with Crippen LogP contribution in [0.4, 0.5) is 0 Å². The van der Waals surface area contributed by atoms with E-state index in [4.69, 9.17) is 0 Å². The van der Waals surface area contributed by atoms with E-state index >= 15 is 0 Å². The molecule has 3 rings (SSSR count). The van der Waals surface area contributed by atoms with Crippen molar-refractivity contribution in [3.05, 3.63) is 48.0 Å². The first-order valence-corrected chi connectivity index (χ1v) is 7.60. The van der Waals surface area contributed by atoms with Crippen LogP contribution in [0, 0.1) is 11.3 Å². The molecule has 1 N–H and O–H groups in total. The molecule has 2 atom stereocenters. The summed E-state index contributed by atoms with van der Waals surface area (Å²) >= 11 is 0. The first-order valence-electron chi connectivity index (χ1n) is 7.60. The molecule has 0 saturated heterocycles. The van der Waals surface area contributed by atoms with E-state index in [1.54, 1.807) is 0 Å². The Labute approximate surface area is 121 Å². The summed E-state index contributed by atoms with van der Waals surface area (Å²) in [7, 11) is 0. The van der Waals surface area contributed by atoms with Crippen LogP contribution in [0.1, 0.15) is 45.6 Å². The minimum atomic E-state index is -0.675. The van der Waals surface area contributed by atoms with E-state index in [0.29, 0.717) is 5.92 Å². The molecule has 0 heterocycles. The van der Waals surface area contributed by atoms with Gasteiger partial charge in [0.15, 0.2) is 0 Å². The van der Waals surface area contributed by atoms with Gasteiger partial charge in [0.1, 0.15) is 0 Å². The Morgan fingerprint density at radius 3 is 2.40 bits per heavy atom. The monoisotopic (exact) mass is 268 g/mol. The van der Waals surface area contributed by atoms with Gasteiger partial charge in [-0.15, -0.1) is 0 Å². The number of hydrogen-bond donors (Lipinski definition) is 1. The molecule has 1 aliphatic carbocycles. The Balaban J connectivity index is 2.04. The molecule has 20 heavy (non-hydrogen) atoms. The maximum atomic E-state index is 11.2. The van der Waals surface area contributed by atoms with E-state index in [2.05, 4.69) is 63.2 Å². The summed E-state index contributed by atoms with van der Waals surface area (Å²) in [4.78, 5) is 0. The minimum absolute atomic E-state index is 0.206. The summed E-state index contributed by atoms with van der Waals surface area (Å²) in [6.07, 6.45) is 2.92. The van der Waals surface area contributed by atoms with Gasteiger partial charge in [0, 0.05) is 0 Å². The highest BCUT2D eigenvalue weighted by atomic mass is 16.3. The van der Waals surface area contributed by atoms with Crippen LogP contribution in [-0.2, 0) is 5.60 Å². The molecule has 106 valence electrons. The molecule has 0 aliphatic heterocycles. The standard InChI is InChI=1S/C19H24O/c1-14-11-18(2,3)13-19(20,12-14)17-9-8-15-6-4-5-7-16(15)10-17/h4-10,14,20H,11-13H2,1-3H3. The zero-order valence-electron chi connectivity index (χ0n) is 12.7. The highest BCUT2D eigenvalue weighted by molar-refractivity contribution is 5.83. The molecule has 0 radical (unpaired) electrons.